The summed E-state index contributed by atoms with van der Waals surface area (Å²) in [6.45, 7) is 3.68. The zero-order chi connectivity index (χ0) is 26.3. The lowest BCUT2D eigenvalue weighted by molar-refractivity contribution is -0.115. The topological polar surface area (TPSA) is 83.6 Å². The molecule has 3 rings (SSSR count). The molecule has 36 heavy (non-hydrogen) atoms. The second-order valence-electron chi connectivity index (χ2n) is 8.62. The van der Waals surface area contributed by atoms with Gasteiger partial charge in [-0.1, -0.05) is 56.1 Å². The molecule has 8 heteroatoms. The van der Waals surface area contributed by atoms with E-state index in [0.717, 1.165) is 18.4 Å². The normalized spacial score (nSPS) is 12.1. The van der Waals surface area contributed by atoms with E-state index in [-0.39, 0.29) is 34.9 Å². The van der Waals surface area contributed by atoms with E-state index in [1.54, 1.807) is 55.3 Å². The number of rotatable bonds is 10. The summed E-state index contributed by atoms with van der Waals surface area (Å²) in [5.74, 6) is -0.312. The molecule has 0 unspecified atom stereocenters. The van der Waals surface area contributed by atoms with Crippen LogP contribution in [-0.4, -0.2) is 37.9 Å². The number of sulfone groups is 1. The highest BCUT2D eigenvalue weighted by Crippen LogP contribution is 2.27. The summed E-state index contributed by atoms with van der Waals surface area (Å²) >= 11 is 6.02. The third-order valence-electron chi connectivity index (χ3n) is 6.05. The molecule has 0 fully saturated rings. The van der Waals surface area contributed by atoms with Gasteiger partial charge >= 0.3 is 0 Å². The van der Waals surface area contributed by atoms with Crippen LogP contribution in [0.25, 0.3) is 0 Å². The van der Waals surface area contributed by atoms with Crippen LogP contribution in [0.2, 0.25) is 5.02 Å². The minimum Gasteiger partial charge on any atom is -0.335 e. The quantitative estimate of drug-likeness (QED) is 0.355. The molecule has 1 N–H and O–H groups in total. The van der Waals surface area contributed by atoms with Crippen molar-refractivity contribution in [2.24, 2.45) is 0 Å². The number of nitrogens with one attached hydrogen (secondary N) is 1. The number of nitrogens with zero attached hydrogens (tertiary/aromatic N) is 1. The molecular formula is C28H31ClN2O4S. The number of anilines is 1. The molecule has 0 radical (unpaired) electrons. The van der Waals surface area contributed by atoms with E-state index in [2.05, 4.69) is 12.2 Å². The van der Waals surface area contributed by atoms with Crippen molar-refractivity contribution in [3.05, 3.63) is 94.5 Å². The van der Waals surface area contributed by atoms with Crippen LogP contribution in [-0.2, 0) is 21.1 Å². The van der Waals surface area contributed by atoms with Crippen molar-refractivity contribution in [3.63, 3.8) is 0 Å². The van der Waals surface area contributed by atoms with Gasteiger partial charge in [-0.3, -0.25) is 9.59 Å². The van der Waals surface area contributed by atoms with Gasteiger partial charge < -0.3 is 10.2 Å². The Hall–Kier alpha value is -3.16. The fourth-order valence-electron chi connectivity index (χ4n) is 3.96. The number of hydrogen-bond acceptors (Lipinski definition) is 4. The molecule has 3 aromatic rings. The van der Waals surface area contributed by atoms with E-state index >= 15 is 0 Å². The Balaban J connectivity index is 1.63. The first-order valence-electron chi connectivity index (χ1n) is 11.9. The Morgan fingerprint density at radius 3 is 2.08 bits per heavy atom. The second kappa shape index (κ2) is 12.2. The number of benzene rings is 3. The number of carbonyl (C=O) groups is 2. The first-order valence-corrected chi connectivity index (χ1v) is 13.9. The third kappa shape index (κ3) is 6.95. The lowest BCUT2D eigenvalue weighted by Crippen LogP contribution is -2.31. The van der Waals surface area contributed by atoms with Crippen molar-refractivity contribution in [1.29, 1.82) is 0 Å². The molecule has 0 heterocycles. The maximum Gasteiger partial charge on any atom is 0.254 e. The molecular weight excluding hydrogens is 496 g/mol. The fraction of sp³-hybridized carbons (Fsp3) is 0.286. The van der Waals surface area contributed by atoms with Gasteiger partial charge in [-0.15, -0.1) is 0 Å². The van der Waals surface area contributed by atoms with Crippen molar-refractivity contribution in [2.45, 2.75) is 44.0 Å². The van der Waals surface area contributed by atoms with Crippen LogP contribution in [0.4, 0.5) is 5.69 Å². The smallest absolute Gasteiger partial charge is 0.254 e. The molecule has 0 spiro atoms. The van der Waals surface area contributed by atoms with Gasteiger partial charge in [-0.2, -0.15) is 0 Å². The van der Waals surface area contributed by atoms with E-state index in [1.165, 1.54) is 12.1 Å². The first kappa shape index (κ1) is 27.4. The molecule has 3 aromatic carbocycles. The number of carbonyl (C=O) groups excluding carboxylic acids is 2. The summed E-state index contributed by atoms with van der Waals surface area (Å²) in [7, 11) is -1.48. The van der Waals surface area contributed by atoms with Crippen molar-refractivity contribution < 1.29 is 18.0 Å². The second-order valence-corrected chi connectivity index (χ2v) is 11.3. The summed E-state index contributed by atoms with van der Waals surface area (Å²) in [4.78, 5) is 27.6. The Morgan fingerprint density at radius 1 is 0.917 bits per heavy atom. The Kier molecular flexibility index (Phi) is 9.29. The Morgan fingerprint density at radius 2 is 1.53 bits per heavy atom. The van der Waals surface area contributed by atoms with E-state index in [9.17, 15) is 18.0 Å². The highest BCUT2D eigenvalue weighted by molar-refractivity contribution is 7.91. The van der Waals surface area contributed by atoms with Crippen LogP contribution < -0.4 is 5.32 Å². The van der Waals surface area contributed by atoms with Crippen molar-refractivity contribution in [3.8, 4) is 0 Å². The molecule has 0 aliphatic carbocycles. The van der Waals surface area contributed by atoms with Crippen LogP contribution in [0.5, 0.6) is 0 Å². The predicted molar refractivity (Wildman–Crippen MR) is 144 cm³/mol. The van der Waals surface area contributed by atoms with Gasteiger partial charge in [-0.25, -0.2) is 8.42 Å². The third-order valence-corrected chi connectivity index (χ3v) is 8.05. The molecule has 2 amide bonds. The van der Waals surface area contributed by atoms with Crippen molar-refractivity contribution in [1.82, 2.24) is 4.90 Å². The first-order chi connectivity index (χ1) is 17.1. The van der Waals surface area contributed by atoms with Gasteiger partial charge in [0.1, 0.15) is 0 Å². The summed E-state index contributed by atoms with van der Waals surface area (Å²) in [6, 6.07) is 20.6. The van der Waals surface area contributed by atoms with Gasteiger partial charge in [0.05, 0.1) is 23.1 Å². The molecule has 0 saturated carbocycles. The molecule has 190 valence electrons. The molecule has 0 aliphatic heterocycles. The van der Waals surface area contributed by atoms with Crippen LogP contribution in [0.1, 0.15) is 54.2 Å². The van der Waals surface area contributed by atoms with Crippen molar-refractivity contribution in [2.75, 3.05) is 18.1 Å². The highest BCUT2D eigenvalue weighted by Gasteiger charge is 2.22. The maximum atomic E-state index is 13.2. The molecule has 0 bridgehead atoms. The van der Waals surface area contributed by atoms with Crippen LogP contribution in [0.15, 0.2) is 77.7 Å². The standard InChI is InChI=1S/C28H31ClN2O4S/c1-4-6-26(21-9-13-23(29)14-10-21)31(3)28(33)22-11-15-24(16-12-22)30-27(32)19-20-7-17-25(18-8-20)36(34,35)5-2/h7-18,26H,4-6,19H2,1-3H3,(H,30,32)/t26-/m1/s1. The average Bonchev–Trinajstić information content (AvgIpc) is 2.88. The zero-order valence-electron chi connectivity index (χ0n) is 20.7. The number of amides is 2. The molecule has 1 atom stereocenters. The zero-order valence-corrected chi connectivity index (χ0v) is 22.3. The van der Waals surface area contributed by atoms with Gasteiger partial charge in [-0.05, 0) is 66.1 Å². The van der Waals surface area contributed by atoms with Crippen LogP contribution >= 0.6 is 11.6 Å². The summed E-state index contributed by atoms with van der Waals surface area (Å²) in [5.41, 5.74) is 2.84. The predicted octanol–water partition coefficient (Wildman–Crippen LogP) is 5.93. The van der Waals surface area contributed by atoms with Gasteiger partial charge in [0.25, 0.3) is 5.91 Å². The fourth-order valence-corrected chi connectivity index (χ4v) is 4.97. The largest absolute Gasteiger partial charge is 0.335 e. The minimum absolute atomic E-state index is 0.0293. The lowest BCUT2D eigenvalue weighted by atomic mass is 10.00. The molecule has 0 aliphatic rings. The average molecular weight is 527 g/mol. The molecule has 6 nitrogen and oxygen atoms in total. The van der Waals surface area contributed by atoms with Gasteiger partial charge in [0, 0.05) is 23.3 Å². The monoisotopic (exact) mass is 526 g/mol. The molecule has 0 saturated heterocycles. The molecule has 0 aromatic heterocycles. The maximum absolute atomic E-state index is 13.2. The van der Waals surface area contributed by atoms with E-state index in [4.69, 9.17) is 11.6 Å². The number of halogens is 1. The van der Waals surface area contributed by atoms with Gasteiger partial charge in [0.2, 0.25) is 5.91 Å². The SMILES string of the molecule is CCC[C@H](c1ccc(Cl)cc1)N(C)C(=O)c1ccc(NC(=O)Cc2ccc(S(=O)(=O)CC)cc2)cc1. The van der Waals surface area contributed by atoms with E-state index in [0.29, 0.717) is 21.8 Å². The van der Waals surface area contributed by atoms with E-state index < -0.39 is 9.84 Å². The summed E-state index contributed by atoms with van der Waals surface area (Å²) in [5, 5.41) is 3.48. The summed E-state index contributed by atoms with van der Waals surface area (Å²) < 4.78 is 23.9. The van der Waals surface area contributed by atoms with Gasteiger partial charge in [0.15, 0.2) is 9.84 Å². The Bertz CT molecular complexity index is 1290. The van der Waals surface area contributed by atoms with Crippen LogP contribution in [0, 0.1) is 0 Å². The Labute approximate surface area is 218 Å². The number of hydrogen-bond donors (Lipinski definition) is 1. The van der Waals surface area contributed by atoms with Crippen molar-refractivity contribution >= 4 is 38.9 Å². The van der Waals surface area contributed by atoms with Crippen LogP contribution in [0.3, 0.4) is 0 Å². The summed E-state index contributed by atoms with van der Waals surface area (Å²) in [6.07, 6.45) is 1.85. The highest BCUT2D eigenvalue weighted by atomic mass is 35.5. The minimum atomic E-state index is -3.27. The lowest BCUT2D eigenvalue weighted by Gasteiger charge is -2.29. The van der Waals surface area contributed by atoms with E-state index in [1.807, 2.05) is 24.3 Å².